The Hall–Kier alpha value is -1.10. The molecule has 0 unspecified atom stereocenters. The molecule has 18 heavy (non-hydrogen) atoms. The topological polar surface area (TPSA) is 75.4 Å². The van der Waals surface area contributed by atoms with E-state index in [4.69, 9.17) is 17.3 Å². The quantitative estimate of drug-likeness (QED) is 0.756. The molecule has 1 aromatic carbocycles. The van der Waals surface area contributed by atoms with Crippen molar-refractivity contribution < 1.29 is 9.90 Å². The molecule has 4 N–H and O–H groups in total. The van der Waals surface area contributed by atoms with Crippen molar-refractivity contribution in [2.75, 3.05) is 6.54 Å². The summed E-state index contributed by atoms with van der Waals surface area (Å²) in [6.45, 7) is 1.14. The van der Waals surface area contributed by atoms with Gasteiger partial charge in [-0.15, -0.1) is 0 Å². The van der Waals surface area contributed by atoms with Crippen LogP contribution >= 0.6 is 11.6 Å². The molecular weight excluding hydrogens is 252 g/mol. The molecule has 1 aromatic rings. The van der Waals surface area contributed by atoms with Crippen LogP contribution in [0.5, 0.6) is 0 Å². The largest absolute Gasteiger partial charge is 0.389 e. The molecule has 4 nitrogen and oxygen atoms in total. The predicted molar refractivity (Wildman–Crippen MR) is 70.5 cm³/mol. The molecule has 0 spiro atoms. The third-order valence-electron chi connectivity index (χ3n) is 3.39. The first-order valence-corrected chi connectivity index (χ1v) is 6.39. The Morgan fingerprint density at radius 1 is 1.50 bits per heavy atom. The summed E-state index contributed by atoms with van der Waals surface area (Å²) in [5, 5.41) is 13.6. The fourth-order valence-electron chi connectivity index (χ4n) is 2.04. The van der Waals surface area contributed by atoms with Crippen LogP contribution in [0.4, 0.5) is 0 Å². The van der Waals surface area contributed by atoms with Gasteiger partial charge < -0.3 is 16.2 Å². The first-order chi connectivity index (χ1) is 8.50. The molecule has 1 saturated carbocycles. The number of nitrogens with one attached hydrogen (secondary N) is 1. The highest BCUT2D eigenvalue weighted by atomic mass is 35.5. The van der Waals surface area contributed by atoms with Gasteiger partial charge in [-0.25, -0.2) is 0 Å². The standard InChI is InChI=1S/C13H17ClN2O2/c14-11-6-9(12(15)17)2-3-10(11)7-16-8-13(18)4-1-5-13/h2-3,6,16,18H,1,4-5,7-8H2,(H2,15,17). The number of primary amides is 1. The molecule has 0 aromatic heterocycles. The van der Waals surface area contributed by atoms with Crippen molar-refractivity contribution >= 4 is 17.5 Å². The maximum Gasteiger partial charge on any atom is 0.248 e. The smallest absolute Gasteiger partial charge is 0.248 e. The minimum atomic E-state index is -0.542. The number of rotatable bonds is 5. The van der Waals surface area contributed by atoms with Gasteiger partial charge in [0.2, 0.25) is 5.91 Å². The normalized spacial score (nSPS) is 17.2. The summed E-state index contributed by atoms with van der Waals surface area (Å²) in [6, 6.07) is 5.00. The van der Waals surface area contributed by atoms with Gasteiger partial charge in [0.25, 0.3) is 0 Å². The first kappa shape index (κ1) is 13.3. The Kier molecular flexibility index (Phi) is 3.90. The molecule has 98 valence electrons. The van der Waals surface area contributed by atoms with Gasteiger partial charge in [0.1, 0.15) is 0 Å². The van der Waals surface area contributed by atoms with Crippen LogP contribution in [0, 0.1) is 0 Å². The molecule has 0 atom stereocenters. The van der Waals surface area contributed by atoms with Crippen molar-refractivity contribution in [3.05, 3.63) is 34.3 Å². The number of halogens is 1. The second-order valence-corrected chi connectivity index (χ2v) is 5.26. The SMILES string of the molecule is NC(=O)c1ccc(CNCC2(O)CCC2)c(Cl)c1. The lowest BCUT2D eigenvalue weighted by atomic mass is 9.80. The van der Waals surface area contributed by atoms with Crippen LogP contribution in [0.3, 0.4) is 0 Å². The molecule has 0 saturated heterocycles. The summed E-state index contributed by atoms with van der Waals surface area (Å²) in [4.78, 5) is 11.0. The molecule has 0 aliphatic heterocycles. The van der Waals surface area contributed by atoms with Crippen LogP contribution < -0.4 is 11.1 Å². The lowest BCUT2D eigenvalue weighted by Gasteiger charge is -2.36. The summed E-state index contributed by atoms with van der Waals surface area (Å²) >= 11 is 6.06. The number of aliphatic hydroxyl groups is 1. The number of hydrogen-bond donors (Lipinski definition) is 3. The number of carbonyl (C=O) groups is 1. The fraction of sp³-hybridized carbons (Fsp3) is 0.462. The molecular formula is C13H17ClN2O2. The second-order valence-electron chi connectivity index (χ2n) is 4.85. The van der Waals surface area contributed by atoms with Crippen molar-refractivity contribution in [3.63, 3.8) is 0 Å². The van der Waals surface area contributed by atoms with E-state index in [1.165, 1.54) is 0 Å². The van der Waals surface area contributed by atoms with Gasteiger partial charge in [-0.1, -0.05) is 17.7 Å². The Morgan fingerprint density at radius 2 is 2.22 bits per heavy atom. The highest BCUT2D eigenvalue weighted by molar-refractivity contribution is 6.31. The molecule has 0 heterocycles. The zero-order valence-corrected chi connectivity index (χ0v) is 10.8. The van der Waals surface area contributed by atoms with E-state index in [0.29, 0.717) is 23.7 Å². The first-order valence-electron chi connectivity index (χ1n) is 6.01. The second kappa shape index (κ2) is 5.26. The summed E-state index contributed by atoms with van der Waals surface area (Å²) in [6.07, 6.45) is 2.80. The van der Waals surface area contributed by atoms with Crippen LogP contribution in [0.15, 0.2) is 18.2 Å². The van der Waals surface area contributed by atoms with Gasteiger partial charge in [0, 0.05) is 23.7 Å². The third kappa shape index (κ3) is 3.02. The predicted octanol–water partition coefficient (Wildman–Crippen LogP) is 1.44. The van der Waals surface area contributed by atoms with E-state index in [2.05, 4.69) is 5.32 Å². The molecule has 1 amide bonds. The van der Waals surface area contributed by atoms with Crippen molar-refractivity contribution in [1.82, 2.24) is 5.32 Å². The van der Waals surface area contributed by atoms with E-state index in [9.17, 15) is 9.90 Å². The molecule has 1 fully saturated rings. The van der Waals surface area contributed by atoms with Gasteiger partial charge in [-0.05, 0) is 37.0 Å². The maximum atomic E-state index is 11.0. The van der Waals surface area contributed by atoms with Crippen LogP contribution in [0.25, 0.3) is 0 Å². The van der Waals surface area contributed by atoms with Crippen LogP contribution in [0.2, 0.25) is 5.02 Å². The molecule has 0 bridgehead atoms. The minimum Gasteiger partial charge on any atom is -0.389 e. The monoisotopic (exact) mass is 268 g/mol. The minimum absolute atomic E-state index is 0.404. The summed E-state index contributed by atoms with van der Waals surface area (Å²) in [5.74, 6) is -0.486. The molecule has 1 aliphatic rings. The fourth-order valence-corrected chi connectivity index (χ4v) is 2.28. The summed E-state index contributed by atoms with van der Waals surface area (Å²) < 4.78 is 0. The van der Waals surface area contributed by atoms with Gasteiger partial charge in [-0.3, -0.25) is 4.79 Å². The van der Waals surface area contributed by atoms with Crippen molar-refractivity contribution in [1.29, 1.82) is 0 Å². The average Bonchev–Trinajstić information content (AvgIpc) is 2.28. The van der Waals surface area contributed by atoms with Crippen LogP contribution in [-0.2, 0) is 6.54 Å². The van der Waals surface area contributed by atoms with Crippen molar-refractivity contribution in [2.24, 2.45) is 5.73 Å². The van der Waals surface area contributed by atoms with E-state index in [0.717, 1.165) is 24.8 Å². The van der Waals surface area contributed by atoms with Gasteiger partial charge in [0.05, 0.1) is 5.60 Å². The average molecular weight is 269 g/mol. The van der Waals surface area contributed by atoms with Crippen molar-refractivity contribution in [3.8, 4) is 0 Å². The number of amides is 1. The number of nitrogens with two attached hydrogens (primary N) is 1. The van der Waals surface area contributed by atoms with Gasteiger partial charge in [0.15, 0.2) is 0 Å². The molecule has 1 aliphatic carbocycles. The van der Waals surface area contributed by atoms with E-state index in [-0.39, 0.29) is 0 Å². The Labute approximate surface area is 111 Å². The van der Waals surface area contributed by atoms with E-state index < -0.39 is 11.5 Å². The third-order valence-corrected chi connectivity index (χ3v) is 3.74. The highest BCUT2D eigenvalue weighted by Gasteiger charge is 2.33. The maximum absolute atomic E-state index is 11.0. The van der Waals surface area contributed by atoms with Crippen LogP contribution in [0.1, 0.15) is 35.2 Å². The van der Waals surface area contributed by atoms with E-state index in [1.807, 2.05) is 0 Å². The molecule has 5 heteroatoms. The zero-order chi connectivity index (χ0) is 13.2. The van der Waals surface area contributed by atoms with E-state index >= 15 is 0 Å². The lowest BCUT2D eigenvalue weighted by Crippen LogP contribution is -2.46. The number of carbonyl (C=O) groups excluding carboxylic acids is 1. The van der Waals surface area contributed by atoms with Crippen molar-refractivity contribution in [2.45, 2.75) is 31.4 Å². The molecule has 2 rings (SSSR count). The summed E-state index contributed by atoms with van der Waals surface area (Å²) in [7, 11) is 0. The zero-order valence-electron chi connectivity index (χ0n) is 10.1. The van der Waals surface area contributed by atoms with Gasteiger partial charge >= 0.3 is 0 Å². The lowest BCUT2D eigenvalue weighted by molar-refractivity contribution is -0.0314. The Bertz CT molecular complexity index is 458. The number of hydrogen-bond acceptors (Lipinski definition) is 3. The summed E-state index contributed by atoms with van der Waals surface area (Å²) in [5.41, 5.74) is 5.92. The van der Waals surface area contributed by atoms with Crippen LogP contribution in [-0.4, -0.2) is 23.2 Å². The molecule has 0 radical (unpaired) electrons. The van der Waals surface area contributed by atoms with E-state index in [1.54, 1.807) is 18.2 Å². The Morgan fingerprint density at radius 3 is 2.72 bits per heavy atom. The highest BCUT2D eigenvalue weighted by Crippen LogP contribution is 2.30. The number of benzene rings is 1. The van der Waals surface area contributed by atoms with Gasteiger partial charge in [-0.2, -0.15) is 0 Å². The Balaban J connectivity index is 1.91.